The second-order valence-corrected chi connectivity index (χ2v) is 9.86. The highest BCUT2D eigenvalue weighted by atomic mass is 31.2. The van der Waals surface area contributed by atoms with Crippen molar-refractivity contribution in [2.45, 2.75) is 13.8 Å². The van der Waals surface area contributed by atoms with Crippen LogP contribution in [-0.4, -0.2) is 0 Å². The second-order valence-electron chi connectivity index (χ2n) is 6.91. The first kappa shape index (κ1) is 18.5. The average Bonchev–Trinajstić information content (AvgIpc) is 2.77. The van der Waals surface area contributed by atoms with Crippen molar-refractivity contribution in [2.75, 3.05) is 0 Å². The van der Waals surface area contributed by atoms with Gasteiger partial charge in [-0.05, 0) is 67.4 Å². The molecule has 4 rings (SSSR count). The zero-order valence-electron chi connectivity index (χ0n) is 16.2. The molecule has 0 heterocycles. The molecule has 0 aliphatic heterocycles. The third-order valence-corrected chi connectivity index (χ3v) is 8.70. The van der Waals surface area contributed by atoms with E-state index in [1.54, 1.807) is 0 Å². The van der Waals surface area contributed by atoms with Gasteiger partial charge >= 0.3 is 0 Å². The minimum Gasteiger partial charge on any atom is -0.334 e. The van der Waals surface area contributed by atoms with Gasteiger partial charge in [0.2, 0.25) is 0 Å². The van der Waals surface area contributed by atoms with Crippen LogP contribution in [0, 0.1) is 13.8 Å². The van der Waals surface area contributed by atoms with Gasteiger partial charge in [0.1, 0.15) is 15.9 Å². The Bertz CT molecular complexity index is 947. The quantitative estimate of drug-likeness (QED) is 0.408. The van der Waals surface area contributed by atoms with E-state index in [-0.39, 0.29) is 0 Å². The van der Waals surface area contributed by atoms with Gasteiger partial charge in [-0.25, -0.2) is 0 Å². The van der Waals surface area contributed by atoms with Crippen LogP contribution in [0.4, 0.5) is 0 Å². The standard InChI is InChI=1S/C26H24OP/c1-21-13-12-20-26(22(21)2)27-28(23-14-6-3-7-15-23,24-16-8-4-9-17-24)25-18-10-5-11-19-25/h3-20H,1-2H3/q+1. The Morgan fingerprint density at radius 3 is 1.36 bits per heavy atom. The average molecular weight is 383 g/mol. The Morgan fingerprint density at radius 2 is 0.929 bits per heavy atom. The molecule has 0 aromatic heterocycles. The maximum Gasteiger partial charge on any atom is 0.287 e. The van der Waals surface area contributed by atoms with Gasteiger partial charge in [0, 0.05) is 0 Å². The summed E-state index contributed by atoms with van der Waals surface area (Å²) in [6, 6.07) is 38.2. The summed E-state index contributed by atoms with van der Waals surface area (Å²) >= 11 is 0. The van der Waals surface area contributed by atoms with Crippen molar-refractivity contribution in [3.8, 4) is 5.75 Å². The molecule has 4 aromatic carbocycles. The van der Waals surface area contributed by atoms with Gasteiger partial charge in [0.05, 0.1) is 0 Å². The number of rotatable bonds is 5. The second kappa shape index (κ2) is 8.00. The van der Waals surface area contributed by atoms with Crippen LogP contribution in [0.25, 0.3) is 0 Å². The smallest absolute Gasteiger partial charge is 0.287 e. The van der Waals surface area contributed by atoms with Crippen molar-refractivity contribution < 1.29 is 4.52 Å². The number of benzene rings is 4. The van der Waals surface area contributed by atoms with Crippen molar-refractivity contribution in [3.05, 3.63) is 120 Å². The Balaban J connectivity index is 2.02. The van der Waals surface area contributed by atoms with Crippen LogP contribution in [-0.2, 0) is 0 Å². The minimum absolute atomic E-state index is 0.949. The molecule has 1 nitrogen and oxygen atoms in total. The molecule has 0 saturated carbocycles. The van der Waals surface area contributed by atoms with E-state index in [1.807, 2.05) is 0 Å². The monoisotopic (exact) mass is 383 g/mol. The Labute approximate surface area is 168 Å². The molecule has 0 amide bonds. The zero-order chi connectivity index (χ0) is 19.4. The summed E-state index contributed by atoms with van der Waals surface area (Å²) in [5.41, 5.74) is 2.43. The van der Waals surface area contributed by atoms with Crippen LogP contribution in [0.15, 0.2) is 109 Å². The minimum atomic E-state index is -2.32. The molecule has 0 aliphatic rings. The molecule has 0 bridgehead atoms. The third kappa shape index (κ3) is 3.35. The summed E-state index contributed by atoms with van der Waals surface area (Å²) in [6.45, 7) is 4.27. The third-order valence-electron chi connectivity index (χ3n) is 5.15. The summed E-state index contributed by atoms with van der Waals surface area (Å²) in [5, 5.41) is 3.65. The maximum absolute atomic E-state index is 7.08. The van der Waals surface area contributed by atoms with E-state index in [4.69, 9.17) is 4.52 Å². The molecule has 0 radical (unpaired) electrons. The van der Waals surface area contributed by atoms with Gasteiger partial charge in [-0.15, -0.1) is 0 Å². The van der Waals surface area contributed by atoms with Crippen LogP contribution in [0.1, 0.15) is 11.1 Å². The van der Waals surface area contributed by atoms with Crippen LogP contribution in [0.2, 0.25) is 0 Å². The lowest BCUT2D eigenvalue weighted by molar-refractivity contribution is 0.613. The van der Waals surface area contributed by atoms with E-state index in [0.29, 0.717) is 0 Å². The van der Waals surface area contributed by atoms with Gasteiger partial charge in [-0.3, -0.25) is 0 Å². The van der Waals surface area contributed by atoms with Crippen LogP contribution in [0.5, 0.6) is 5.75 Å². The summed E-state index contributed by atoms with van der Waals surface area (Å²) < 4.78 is 7.08. The van der Waals surface area contributed by atoms with Crippen molar-refractivity contribution in [2.24, 2.45) is 0 Å². The topological polar surface area (TPSA) is 9.23 Å². The molecule has 0 saturated heterocycles. The molecule has 0 atom stereocenters. The van der Waals surface area contributed by atoms with Gasteiger partial charge in [-0.2, -0.15) is 0 Å². The number of hydrogen-bond acceptors (Lipinski definition) is 1. The van der Waals surface area contributed by atoms with E-state index >= 15 is 0 Å². The normalized spacial score (nSPS) is 11.2. The highest BCUT2D eigenvalue weighted by Gasteiger charge is 2.49. The number of hydrogen-bond donors (Lipinski definition) is 0. The van der Waals surface area contributed by atoms with Gasteiger partial charge in [0.15, 0.2) is 5.75 Å². The molecule has 0 fully saturated rings. The van der Waals surface area contributed by atoms with E-state index in [2.05, 4.69) is 123 Å². The van der Waals surface area contributed by atoms with Gasteiger partial charge < -0.3 is 4.52 Å². The first-order chi connectivity index (χ1) is 13.7. The fourth-order valence-electron chi connectivity index (χ4n) is 3.49. The summed E-state index contributed by atoms with van der Waals surface area (Å²) in [5.74, 6) is 0.949. The molecule has 0 unspecified atom stereocenters. The van der Waals surface area contributed by atoms with Crippen molar-refractivity contribution >= 4 is 23.4 Å². The molecular weight excluding hydrogens is 359 g/mol. The SMILES string of the molecule is Cc1cccc(O[P+](c2ccccc2)(c2ccccc2)c2ccccc2)c1C. The molecule has 4 aromatic rings. The highest BCUT2D eigenvalue weighted by Crippen LogP contribution is 2.56. The van der Waals surface area contributed by atoms with Crippen LogP contribution >= 0.6 is 7.49 Å². The molecular formula is C26H24OP+. The van der Waals surface area contributed by atoms with Crippen molar-refractivity contribution in [1.29, 1.82) is 0 Å². The van der Waals surface area contributed by atoms with Gasteiger partial charge in [0.25, 0.3) is 7.49 Å². The lowest BCUT2D eigenvalue weighted by Gasteiger charge is -2.27. The molecule has 0 aliphatic carbocycles. The fraction of sp³-hybridized carbons (Fsp3) is 0.0769. The van der Waals surface area contributed by atoms with E-state index in [9.17, 15) is 0 Å². The molecule has 138 valence electrons. The number of aryl methyl sites for hydroxylation is 1. The summed E-state index contributed by atoms with van der Waals surface area (Å²) in [6.07, 6.45) is 0. The maximum atomic E-state index is 7.08. The Kier molecular flexibility index (Phi) is 5.28. The van der Waals surface area contributed by atoms with E-state index < -0.39 is 7.49 Å². The molecule has 2 heteroatoms. The van der Waals surface area contributed by atoms with Crippen molar-refractivity contribution in [3.63, 3.8) is 0 Å². The fourth-order valence-corrected chi connectivity index (χ4v) is 6.97. The predicted molar refractivity (Wildman–Crippen MR) is 122 cm³/mol. The molecule has 28 heavy (non-hydrogen) atoms. The first-order valence-electron chi connectivity index (χ1n) is 9.53. The van der Waals surface area contributed by atoms with E-state index in [1.165, 1.54) is 27.0 Å². The van der Waals surface area contributed by atoms with E-state index in [0.717, 1.165) is 5.75 Å². The summed E-state index contributed by atoms with van der Waals surface area (Å²) in [7, 11) is -2.32. The zero-order valence-corrected chi connectivity index (χ0v) is 17.1. The predicted octanol–water partition coefficient (Wildman–Crippen LogP) is 5.59. The molecule has 0 spiro atoms. The Hall–Kier alpha value is -2.89. The first-order valence-corrected chi connectivity index (χ1v) is 11.2. The molecule has 0 N–H and O–H groups in total. The van der Waals surface area contributed by atoms with Crippen LogP contribution < -0.4 is 20.4 Å². The highest BCUT2D eigenvalue weighted by molar-refractivity contribution is 7.92. The summed E-state index contributed by atoms with van der Waals surface area (Å²) in [4.78, 5) is 0. The Morgan fingerprint density at radius 1 is 0.500 bits per heavy atom. The lowest BCUT2D eigenvalue weighted by Crippen LogP contribution is -2.35. The van der Waals surface area contributed by atoms with Crippen molar-refractivity contribution in [1.82, 2.24) is 0 Å². The van der Waals surface area contributed by atoms with Gasteiger partial charge in [-0.1, -0.05) is 66.7 Å². The lowest BCUT2D eigenvalue weighted by atomic mass is 10.1. The van der Waals surface area contributed by atoms with Crippen LogP contribution in [0.3, 0.4) is 0 Å². The largest absolute Gasteiger partial charge is 0.334 e.